The minimum Gasteiger partial charge on any atom is -0.493 e. The van der Waals surface area contributed by atoms with Crippen molar-refractivity contribution in [1.82, 2.24) is 0 Å². The van der Waals surface area contributed by atoms with Crippen LogP contribution in [0.4, 0.5) is 0 Å². The van der Waals surface area contributed by atoms with Crippen molar-refractivity contribution in [2.24, 2.45) is 0 Å². The quantitative estimate of drug-likeness (QED) is 0.0633. The molecular weight excluding hydrogens is 817 g/mol. The largest absolute Gasteiger partial charge is 0.493 e. The first-order chi connectivity index (χ1) is 32.3. The Hall–Kier alpha value is -6.14. The number of fused-ring (bicyclic) bond motifs is 5. The van der Waals surface area contributed by atoms with Gasteiger partial charge in [0.15, 0.2) is 11.2 Å². The molecule has 0 aromatic heterocycles. The Labute approximate surface area is 393 Å². The van der Waals surface area contributed by atoms with Gasteiger partial charge in [-0.05, 0) is 106 Å². The predicted octanol–water partition coefficient (Wildman–Crippen LogP) is 15.8. The van der Waals surface area contributed by atoms with Crippen molar-refractivity contribution in [2.75, 3.05) is 13.2 Å². The van der Waals surface area contributed by atoms with Crippen molar-refractivity contribution in [3.63, 3.8) is 0 Å². The molecule has 6 nitrogen and oxygen atoms in total. The second-order valence-electron chi connectivity index (χ2n) is 17.9. The van der Waals surface area contributed by atoms with Crippen LogP contribution in [-0.2, 0) is 11.2 Å². The Bertz CT molecular complexity index is 2420. The molecule has 0 saturated carbocycles. The fourth-order valence-electron chi connectivity index (χ4n) is 9.07. The van der Waals surface area contributed by atoms with Crippen molar-refractivity contribution in [2.45, 2.75) is 129 Å². The normalized spacial score (nSPS) is 18.1. The first-order valence-electron chi connectivity index (χ1n) is 24.7. The summed E-state index contributed by atoms with van der Waals surface area (Å²) >= 11 is 0. The van der Waals surface area contributed by atoms with Crippen LogP contribution in [0.1, 0.15) is 139 Å². The van der Waals surface area contributed by atoms with Crippen molar-refractivity contribution in [3.05, 3.63) is 167 Å². The lowest BCUT2D eigenvalue weighted by Gasteiger charge is -2.39. The third kappa shape index (κ3) is 9.84. The molecule has 4 unspecified atom stereocenters. The smallest absolute Gasteiger partial charge is 0.181 e. The van der Waals surface area contributed by atoms with E-state index in [9.17, 15) is 0 Å². The van der Waals surface area contributed by atoms with E-state index in [0.717, 1.165) is 117 Å². The van der Waals surface area contributed by atoms with Gasteiger partial charge in [0.05, 0.1) is 25.4 Å². The second kappa shape index (κ2) is 21.4. The first-order valence-corrected chi connectivity index (χ1v) is 24.7. The fraction of sp³-hybridized carbons (Fsp3) is 0.367. The summed E-state index contributed by atoms with van der Waals surface area (Å²) in [5, 5.41) is 2.16. The molecule has 0 aliphatic carbocycles. The van der Waals surface area contributed by atoms with E-state index in [1.54, 1.807) is 0 Å². The maximum atomic E-state index is 7.41. The number of unbranched alkanes of at least 4 members (excludes halogenated alkanes) is 6. The number of ether oxygens (including phenoxy) is 6. The first kappa shape index (κ1) is 46.4. The monoisotopic (exact) mass is 885 g/mol. The molecule has 0 N–H and O–H groups in total. The molecular formula is C60H68O6. The minimum atomic E-state index is -0.981. The fourth-order valence-corrected chi connectivity index (χ4v) is 9.07. The molecule has 2 heterocycles. The van der Waals surface area contributed by atoms with Crippen LogP contribution in [0.25, 0.3) is 22.9 Å². The van der Waals surface area contributed by atoms with Crippen LogP contribution in [0.5, 0.6) is 34.5 Å². The number of hydrogen-bond acceptors (Lipinski definition) is 6. The average Bonchev–Trinajstić information content (AvgIpc) is 3.36. The summed E-state index contributed by atoms with van der Waals surface area (Å²) in [4.78, 5) is 0. The molecule has 0 radical (unpaired) electrons. The standard InChI is InChI=1S/C60H68O6/c1-7-11-13-21-39-61-48-29-31-52(56(41-48)63-43(5)9-3)59(46-23-17-15-18-24-46)37-35-50-54(65-59)33-27-45-28-34-55-51(58(45)50)36-38-60(66-55,47-25-19-16-20-26-47)53-32-30-49(62-40-22-14-12-8-2)42-57(53)64-44(6)10-4/h15-20,23-38,41-44H,7-14,21-22,39-40H2,1-6H3. The van der Waals surface area contributed by atoms with Crippen LogP contribution in [-0.4, -0.2) is 25.4 Å². The Morgan fingerprint density at radius 2 is 0.924 bits per heavy atom. The van der Waals surface area contributed by atoms with Crippen LogP contribution >= 0.6 is 0 Å². The van der Waals surface area contributed by atoms with E-state index in [-0.39, 0.29) is 12.2 Å². The zero-order valence-corrected chi connectivity index (χ0v) is 39.9. The molecule has 0 spiro atoms. The summed E-state index contributed by atoms with van der Waals surface area (Å²) in [7, 11) is 0. The molecule has 344 valence electrons. The molecule has 8 rings (SSSR count). The molecule has 0 saturated heterocycles. The molecule has 0 amide bonds. The van der Waals surface area contributed by atoms with Gasteiger partial charge in [-0.2, -0.15) is 0 Å². The van der Waals surface area contributed by atoms with Gasteiger partial charge in [-0.15, -0.1) is 0 Å². The second-order valence-corrected chi connectivity index (χ2v) is 17.9. The van der Waals surface area contributed by atoms with Gasteiger partial charge < -0.3 is 28.4 Å². The van der Waals surface area contributed by atoms with Gasteiger partial charge >= 0.3 is 0 Å². The molecule has 6 aromatic carbocycles. The Morgan fingerprint density at radius 1 is 0.485 bits per heavy atom. The minimum absolute atomic E-state index is 0.00855. The van der Waals surface area contributed by atoms with Crippen molar-refractivity contribution < 1.29 is 28.4 Å². The van der Waals surface area contributed by atoms with Crippen molar-refractivity contribution in [3.8, 4) is 34.5 Å². The third-order valence-electron chi connectivity index (χ3n) is 13.1. The summed E-state index contributed by atoms with van der Waals surface area (Å²) in [6.45, 7) is 14.3. The molecule has 66 heavy (non-hydrogen) atoms. The van der Waals surface area contributed by atoms with E-state index in [0.29, 0.717) is 13.2 Å². The number of benzene rings is 6. The number of hydrogen-bond donors (Lipinski definition) is 0. The van der Waals surface area contributed by atoms with Gasteiger partial charge in [-0.3, -0.25) is 0 Å². The molecule has 2 aliphatic rings. The van der Waals surface area contributed by atoms with Gasteiger partial charge in [0.25, 0.3) is 0 Å². The summed E-state index contributed by atoms with van der Waals surface area (Å²) in [6, 6.07) is 41.9. The van der Waals surface area contributed by atoms with E-state index in [4.69, 9.17) is 28.4 Å². The molecule has 2 aliphatic heterocycles. The van der Waals surface area contributed by atoms with E-state index >= 15 is 0 Å². The molecule has 0 fully saturated rings. The van der Waals surface area contributed by atoms with Crippen LogP contribution in [0.15, 0.2) is 133 Å². The SMILES string of the molecule is CCCCCCOc1ccc(C2(c3ccccc3)C=Cc3c(ccc4ccc5c(c34)C=CC(c3ccccc3)(c3ccc(OCCCCCC)cc3OC(C)CC)O5)O2)c(OC(C)CC)c1. The summed E-state index contributed by atoms with van der Waals surface area (Å²) < 4.78 is 40.9. The van der Waals surface area contributed by atoms with Crippen LogP contribution < -0.4 is 28.4 Å². The van der Waals surface area contributed by atoms with Crippen LogP contribution in [0, 0.1) is 0 Å². The Morgan fingerprint density at radius 3 is 1.33 bits per heavy atom. The van der Waals surface area contributed by atoms with Gasteiger partial charge in [-0.1, -0.05) is 139 Å². The molecule has 6 heteroatoms. The van der Waals surface area contributed by atoms with Crippen LogP contribution in [0.2, 0.25) is 0 Å². The highest BCUT2D eigenvalue weighted by molar-refractivity contribution is 6.02. The summed E-state index contributed by atoms with van der Waals surface area (Å²) in [5.74, 6) is 4.65. The lowest BCUT2D eigenvalue weighted by atomic mass is 9.81. The van der Waals surface area contributed by atoms with Gasteiger partial charge in [0, 0.05) is 50.9 Å². The van der Waals surface area contributed by atoms with E-state index in [2.05, 4.69) is 163 Å². The maximum absolute atomic E-state index is 7.41. The Kier molecular flexibility index (Phi) is 15.1. The lowest BCUT2D eigenvalue weighted by molar-refractivity contribution is 0.147. The lowest BCUT2D eigenvalue weighted by Crippen LogP contribution is -2.35. The van der Waals surface area contributed by atoms with Gasteiger partial charge in [-0.25, -0.2) is 0 Å². The van der Waals surface area contributed by atoms with E-state index < -0.39 is 11.2 Å². The molecule has 0 bridgehead atoms. The maximum Gasteiger partial charge on any atom is 0.181 e. The number of rotatable bonds is 22. The highest BCUT2D eigenvalue weighted by atomic mass is 16.5. The predicted molar refractivity (Wildman–Crippen MR) is 271 cm³/mol. The highest BCUT2D eigenvalue weighted by Crippen LogP contribution is 2.52. The van der Waals surface area contributed by atoms with Crippen molar-refractivity contribution >= 4 is 22.9 Å². The third-order valence-corrected chi connectivity index (χ3v) is 13.1. The molecule has 4 atom stereocenters. The van der Waals surface area contributed by atoms with Crippen molar-refractivity contribution in [1.29, 1.82) is 0 Å². The Balaban J connectivity index is 1.21. The average molecular weight is 885 g/mol. The van der Waals surface area contributed by atoms with Gasteiger partial charge in [0.1, 0.15) is 34.5 Å². The van der Waals surface area contributed by atoms with Crippen LogP contribution in [0.3, 0.4) is 0 Å². The molecule has 6 aromatic rings. The summed E-state index contributed by atoms with van der Waals surface area (Å²) in [6.07, 6.45) is 19.7. The zero-order valence-electron chi connectivity index (χ0n) is 39.9. The van der Waals surface area contributed by atoms with E-state index in [1.165, 1.54) is 25.7 Å². The summed E-state index contributed by atoms with van der Waals surface area (Å²) in [5.41, 5.74) is 3.87. The van der Waals surface area contributed by atoms with E-state index in [1.807, 2.05) is 24.3 Å². The zero-order chi connectivity index (χ0) is 45.9. The van der Waals surface area contributed by atoms with Gasteiger partial charge in [0.2, 0.25) is 0 Å². The highest BCUT2D eigenvalue weighted by Gasteiger charge is 2.43. The topological polar surface area (TPSA) is 55.4 Å².